The average Bonchev–Trinajstić information content (AvgIpc) is 3.31. The molecule has 1 atom stereocenters. The molecule has 0 saturated heterocycles. The third kappa shape index (κ3) is 5.23. The van der Waals surface area contributed by atoms with E-state index in [1.54, 1.807) is 21.0 Å². The highest BCUT2D eigenvalue weighted by atomic mass is 16.5. The van der Waals surface area contributed by atoms with Crippen LogP contribution in [-0.2, 0) is 29.3 Å². The lowest BCUT2D eigenvalue weighted by Gasteiger charge is -2.33. The van der Waals surface area contributed by atoms with E-state index in [1.165, 1.54) is 0 Å². The normalized spacial score (nSPS) is 12.6. The van der Waals surface area contributed by atoms with Crippen LogP contribution in [-0.4, -0.2) is 33.2 Å². The monoisotopic (exact) mass is 501 g/mol. The third-order valence-electron chi connectivity index (χ3n) is 7.26. The van der Waals surface area contributed by atoms with Gasteiger partial charge in [-0.15, -0.1) is 5.10 Å². The molecule has 7 nitrogen and oxygen atoms in total. The van der Waals surface area contributed by atoms with Crippen LogP contribution in [0.1, 0.15) is 60.1 Å². The molecule has 194 valence electrons. The molecule has 0 unspecified atom stereocenters. The lowest BCUT2D eigenvalue weighted by atomic mass is 9.69. The third-order valence-corrected chi connectivity index (χ3v) is 7.26. The number of aliphatic carboxylic acids is 1. The fourth-order valence-corrected chi connectivity index (χ4v) is 4.86. The summed E-state index contributed by atoms with van der Waals surface area (Å²) in [6.07, 6.45) is 0. The fraction of sp³-hybridized carbons (Fsp3) is 0.367. The van der Waals surface area contributed by atoms with Crippen molar-refractivity contribution in [1.82, 2.24) is 15.0 Å². The van der Waals surface area contributed by atoms with E-state index >= 15 is 0 Å². The summed E-state index contributed by atoms with van der Waals surface area (Å²) in [5.41, 5.74) is 6.72. The molecule has 1 heterocycles. The molecule has 0 fully saturated rings. The van der Waals surface area contributed by atoms with Gasteiger partial charge < -0.3 is 14.6 Å². The number of ether oxygens (including phenoxy) is 2. The molecule has 4 aromatic rings. The van der Waals surface area contributed by atoms with E-state index < -0.39 is 11.4 Å². The summed E-state index contributed by atoms with van der Waals surface area (Å²) in [5, 5.41) is 18.9. The summed E-state index contributed by atoms with van der Waals surface area (Å²) in [6.45, 7) is 11.3. The molecular weight excluding hydrogens is 466 g/mol. The van der Waals surface area contributed by atoms with Crippen LogP contribution in [0.25, 0.3) is 11.0 Å². The molecule has 0 saturated carbocycles. The van der Waals surface area contributed by atoms with Crippen molar-refractivity contribution in [3.63, 3.8) is 0 Å². The van der Waals surface area contributed by atoms with E-state index in [9.17, 15) is 9.90 Å². The minimum atomic E-state index is -1.06. The van der Waals surface area contributed by atoms with Crippen molar-refractivity contribution in [2.75, 3.05) is 7.11 Å². The van der Waals surface area contributed by atoms with E-state index in [-0.39, 0.29) is 5.92 Å². The van der Waals surface area contributed by atoms with Crippen LogP contribution >= 0.6 is 0 Å². The molecule has 1 N–H and O–H groups in total. The van der Waals surface area contributed by atoms with E-state index in [2.05, 4.69) is 16.4 Å². The van der Waals surface area contributed by atoms with Crippen molar-refractivity contribution in [1.29, 1.82) is 0 Å². The minimum absolute atomic E-state index is 0.387. The number of methoxy groups -OCH3 is 1. The molecule has 4 rings (SSSR count). The number of benzene rings is 3. The molecule has 0 amide bonds. The van der Waals surface area contributed by atoms with E-state index in [0.29, 0.717) is 13.2 Å². The summed E-state index contributed by atoms with van der Waals surface area (Å²) >= 11 is 0. The van der Waals surface area contributed by atoms with Crippen molar-refractivity contribution in [2.45, 2.75) is 60.3 Å². The Kier molecular flexibility index (Phi) is 7.64. The van der Waals surface area contributed by atoms with Gasteiger partial charge in [0, 0.05) is 12.5 Å². The first-order valence-electron chi connectivity index (χ1n) is 12.5. The molecule has 7 heteroatoms. The number of nitrogens with zero attached hydrogens (tertiary/aromatic N) is 3. The second-order valence-electron chi connectivity index (χ2n) is 10.0. The molecular formula is C30H35N3O4. The zero-order valence-corrected chi connectivity index (χ0v) is 22.4. The van der Waals surface area contributed by atoms with Crippen molar-refractivity contribution in [3.05, 3.63) is 88.0 Å². The number of carboxylic acids is 1. The topological polar surface area (TPSA) is 86.5 Å². The van der Waals surface area contributed by atoms with E-state index in [1.807, 2.05) is 74.0 Å². The van der Waals surface area contributed by atoms with Gasteiger partial charge in [0.25, 0.3) is 0 Å². The van der Waals surface area contributed by atoms with Gasteiger partial charge in [-0.25, -0.2) is 4.68 Å². The lowest BCUT2D eigenvalue weighted by Crippen LogP contribution is -2.32. The van der Waals surface area contributed by atoms with Gasteiger partial charge in [0.2, 0.25) is 0 Å². The molecule has 0 spiro atoms. The Bertz CT molecular complexity index is 1410. The number of hydrogen-bond acceptors (Lipinski definition) is 5. The summed E-state index contributed by atoms with van der Waals surface area (Å²) in [7, 11) is 1.65. The van der Waals surface area contributed by atoms with Gasteiger partial charge in [-0.2, -0.15) is 0 Å². The Balaban J connectivity index is 1.69. The minimum Gasteiger partial charge on any atom is -0.497 e. The second-order valence-corrected chi connectivity index (χ2v) is 10.0. The average molecular weight is 502 g/mol. The van der Waals surface area contributed by atoms with Crippen LogP contribution < -0.4 is 4.74 Å². The Hall–Kier alpha value is -3.71. The zero-order valence-electron chi connectivity index (χ0n) is 22.4. The van der Waals surface area contributed by atoms with E-state index in [0.717, 1.165) is 56.7 Å². The molecule has 3 aromatic carbocycles. The highest BCUT2D eigenvalue weighted by Crippen LogP contribution is 2.44. The molecule has 0 aliphatic carbocycles. The van der Waals surface area contributed by atoms with Crippen molar-refractivity contribution < 1.29 is 19.4 Å². The van der Waals surface area contributed by atoms with Gasteiger partial charge in [0.15, 0.2) is 0 Å². The Labute approximate surface area is 218 Å². The standard InChI is InChI=1S/C30H35N3O4/c1-7-33-26-15-14-25(20(3)28(26)31-32-33)27(30(4,5)29(34)35)22-11-8-19(2)23(16-22)18-37-17-21-9-12-24(36-6)13-10-21/h8-16,27H,7,17-18H2,1-6H3,(H,34,35)/t27-/m1/s1. The fourth-order valence-electron chi connectivity index (χ4n) is 4.86. The molecule has 1 aromatic heterocycles. The molecule has 0 radical (unpaired) electrons. The number of rotatable bonds is 10. The molecule has 0 aliphatic heterocycles. The number of aromatic nitrogens is 3. The SMILES string of the molecule is CCn1nnc2c(C)c([C@@H](c3ccc(C)c(COCc4ccc(OC)cc4)c3)C(C)(C)C(=O)O)ccc21. The molecule has 0 bridgehead atoms. The predicted molar refractivity (Wildman–Crippen MR) is 144 cm³/mol. The van der Waals surface area contributed by atoms with E-state index in [4.69, 9.17) is 9.47 Å². The Morgan fingerprint density at radius 3 is 2.43 bits per heavy atom. The quantitative estimate of drug-likeness (QED) is 0.285. The van der Waals surface area contributed by atoms with Crippen LogP contribution in [0.4, 0.5) is 0 Å². The second kappa shape index (κ2) is 10.7. The number of carbonyl (C=O) groups is 1. The van der Waals surface area contributed by atoms with Crippen LogP contribution in [0, 0.1) is 19.3 Å². The van der Waals surface area contributed by atoms with Crippen LogP contribution in [0.2, 0.25) is 0 Å². The van der Waals surface area contributed by atoms with Gasteiger partial charge in [-0.1, -0.05) is 41.6 Å². The molecule has 37 heavy (non-hydrogen) atoms. The number of aryl methyl sites for hydroxylation is 3. The maximum atomic E-state index is 12.5. The maximum Gasteiger partial charge on any atom is 0.310 e. The number of hydrogen-bond donors (Lipinski definition) is 1. The van der Waals surface area contributed by atoms with Gasteiger partial charge in [0.1, 0.15) is 11.3 Å². The van der Waals surface area contributed by atoms with Crippen LogP contribution in [0.3, 0.4) is 0 Å². The maximum absolute atomic E-state index is 12.5. The highest BCUT2D eigenvalue weighted by Gasteiger charge is 2.40. The highest BCUT2D eigenvalue weighted by molar-refractivity contribution is 5.82. The first kappa shape index (κ1) is 26.4. The van der Waals surface area contributed by atoms with Gasteiger partial charge in [-0.05, 0) is 86.2 Å². The summed E-state index contributed by atoms with van der Waals surface area (Å²) in [6, 6.07) is 18.0. The van der Waals surface area contributed by atoms with Gasteiger partial charge in [-0.3, -0.25) is 4.79 Å². The Morgan fingerprint density at radius 1 is 1.05 bits per heavy atom. The lowest BCUT2D eigenvalue weighted by molar-refractivity contribution is -0.147. The van der Waals surface area contributed by atoms with Crippen LogP contribution in [0.5, 0.6) is 5.75 Å². The van der Waals surface area contributed by atoms with Crippen LogP contribution in [0.15, 0.2) is 54.6 Å². The Morgan fingerprint density at radius 2 is 1.78 bits per heavy atom. The predicted octanol–water partition coefficient (Wildman–Crippen LogP) is 6.04. The zero-order chi connectivity index (χ0) is 26.7. The largest absolute Gasteiger partial charge is 0.497 e. The smallest absolute Gasteiger partial charge is 0.310 e. The van der Waals surface area contributed by atoms with Gasteiger partial charge >= 0.3 is 5.97 Å². The van der Waals surface area contributed by atoms with Crippen molar-refractivity contribution in [3.8, 4) is 5.75 Å². The summed E-state index contributed by atoms with van der Waals surface area (Å²) in [5.74, 6) is -0.431. The summed E-state index contributed by atoms with van der Waals surface area (Å²) < 4.78 is 13.1. The molecule has 0 aliphatic rings. The first-order valence-corrected chi connectivity index (χ1v) is 12.5. The number of carboxylic acid groups (broad SMARTS) is 1. The van der Waals surface area contributed by atoms with Crippen molar-refractivity contribution in [2.24, 2.45) is 5.41 Å². The van der Waals surface area contributed by atoms with Crippen molar-refractivity contribution >= 4 is 17.0 Å². The summed E-state index contributed by atoms with van der Waals surface area (Å²) in [4.78, 5) is 12.5. The van der Waals surface area contributed by atoms with Gasteiger partial charge in [0.05, 0.1) is 31.3 Å². The first-order chi connectivity index (χ1) is 17.7. The number of fused-ring (bicyclic) bond motifs is 1.